The van der Waals surface area contributed by atoms with Crippen LogP contribution in [0.15, 0.2) is 52.2 Å². The molecule has 112 valence electrons. The summed E-state index contributed by atoms with van der Waals surface area (Å²) in [5.41, 5.74) is 2.34. The van der Waals surface area contributed by atoms with Gasteiger partial charge in [0.2, 0.25) is 5.09 Å². The zero-order chi connectivity index (χ0) is 15.1. The quantitative estimate of drug-likeness (QED) is 0.945. The van der Waals surface area contributed by atoms with Crippen molar-refractivity contribution in [1.29, 1.82) is 0 Å². The molecule has 1 N–H and O–H groups in total. The zero-order valence-corrected chi connectivity index (χ0v) is 13.0. The van der Waals surface area contributed by atoms with E-state index in [1.165, 1.54) is 17.9 Å². The van der Waals surface area contributed by atoms with Crippen LogP contribution in [0.3, 0.4) is 0 Å². The number of hydrogen-bond acceptors (Lipinski definition) is 3. The van der Waals surface area contributed by atoms with Gasteiger partial charge in [-0.25, -0.2) is 13.1 Å². The average molecular weight is 305 g/mol. The standard InChI is InChI=1S/C16H19NO3S/c1-16(2)10-9-14(12-6-3-4-7-13(12)16)17-21(18,19)15-8-5-11-20-15/h3-8,11,14,17H,9-10H2,1-2H3. The summed E-state index contributed by atoms with van der Waals surface area (Å²) in [7, 11) is -3.61. The van der Waals surface area contributed by atoms with Crippen molar-refractivity contribution in [3.63, 3.8) is 0 Å². The highest BCUT2D eigenvalue weighted by Crippen LogP contribution is 2.41. The molecule has 1 heterocycles. The van der Waals surface area contributed by atoms with Crippen LogP contribution in [0.5, 0.6) is 0 Å². The van der Waals surface area contributed by atoms with Gasteiger partial charge in [-0.15, -0.1) is 0 Å². The summed E-state index contributed by atoms with van der Waals surface area (Å²) in [6, 6.07) is 10.9. The van der Waals surface area contributed by atoms with Crippen LogP contribution in [-0.2, 0) is 15.4 Å². The van der Waals surface area contributed by atoms with Crippen LogP contribution in [0.4, 0.5) is 0 Å². The van der Waals surface area contributed by atoms with Crippen LogP contribution < -0.4 is 4.72 Å². The lowest BCUT2D eigenvalue weighted by atomic mass is 9.71. The summed E-state index contributed by atoms with van der Waals surface area (Å²) in [6.07, 6.45) is 3.09. The van der Waals surface area contributed by atoms with E-state index in [9.17, 15) is 8.42 Å². The number of nitrogens with one attached hydrogen (secondary N) is 1. The summed E-state index contributed by atoms with van der Waals surface area (Å²) >= 11 is 0. The molecule has 1 unspecified atom stereocenters. The Labute approximate surface area is 125 Å². The van der Waals surface area contributed by atoms with Gasteiger partial charge in [0, 0.05) is 6.04 Å². The number of fused-ring (bicyclic) bond motifs is 1. The topological polar surface area (TPSA) is 59.3 Å². The first-order chi connectivity index (χ1) is 9.90. The van der Waals surface area contributed by atoms with Crippen molar-refractivity contribution in [2.45, 2.75) is 43.2 Å². The molecule has 1 aliphatic rings. The third-order valence-electron chi connectivity index (χ3n) is 4.18. The van der Waals surface area contributed by atoms with Crippen molar-refractivity contribution >= 4 is 10.0 Å². The molecule has 3 rings (SSSR count). The van der Waals surface area contributed by atoms with Gasteiger partial charge in [0.1, 0.15) is 0 Å². The van der Waals surface area contributed by atoms with Crippen molar-refractivity contribution < 1.29 is 12.8 Å². The van der Waals surface area contributed by atoms with Gasteiger partial charge in [0.25, 0.3) is 10.0 Å². The highest BCUT2D eigenvalue weighted by Gasteiger charge is 2.34. The van der Waals surface area contributed by atoms with Crippen LogP contribution in [-0.4, -0.2) is 8.42 Å². The second-order valence-corrected chi connectivity index (χ2v) is 7.76. The maximum Gasteiger partial charge on any atom is 0.274 e. The van der Waals surface area contributed by atoms with E-state index in [0.29, 0.717) is 0 Å². The Morgan fingerprint density at radius 1 is 1.19 bits per heavy atom. The van der Waals surface area contributed by atoms with E-state index in [1.54, 1.807) is 6.07 Å². The van der Waals surface area contributed by atoms with Crippen LogP contribution in [0.2, 0.25) is 0 Å². The largest absolute Gasteiger partial charge is 0.452 e. The molecule has 0 saturated heterocycles. The second-order valence-electron chi connectivity index (χ2n) is 6.12. The Balaban J connectivity index is 1.95. The normalized spacial score (nSPS) is 21.0. The molecule has 0 aliphatic heterocycles. The van der Waals surface area contributed by atoms with Gasteiger partial charge < -0.3 is 4.42 Å². The van der Waals surface area contributed by atoms with Crippen molar-refractivity contribution in [2.75, 3.05) is 0 Å². The fourth-order valence-corrected chi connectivity index (χ4v) is 4.17. The Morgan fingerprint density at radius 3 is 2.67 bits per heavy atom. The SMILES string of the molecule is CC1(C)CCC(NS(=O)(=O)c2ccco2)c2ccccc21. The minimum Gasteiger partial charge on any atom is -0.452 e. The molecule has 1 aromatic heterocycles. The predicted octanol–water partition coefficient (Wildman–Crippen LogP) is 3.37. The molecule has 2 aromatic rings. The summed E-state index contributed by atoms with van der Waals surface area (Å²) in [4.78, 5) is 0. The van der Waals surface area contributed by atoms with Crippen molar-refractivity contribution in [3.8, 4) is 0 Å². The minimum absolute atomic E-state index is 0.0372. The molecule has 1 atom stereocenters. The van der Waals surface area contributed by atoms with E-state index in [0.717, 1.165) is 18.4 Å². The molecule has 0 radical (unpaired) electrons. The Bertz CT molecular complexity index is 733. The average Bonchev–Trinajstić information content (AvgIpc) is 2.97. The highest BCUT2D eigenvalue weighted by molar-refractivity contribution is 7.89. The molecule has 0 saturated carbocycles. The maximum absolute atomic E-state index is 12.3. The Hall–Kier alpha value is -1.59. The van der Waals surface area contributed by atoms with Gasteiger partial charge in [0.05, 0.1) is 6.26 Å². The maximum atomic E-state index is 12.3. The lowest BCUT2D eigenvalue weighted by molar-refractivity contribution is 0.377. The van der Waals surface area contributed by atoms with Crippen LogP contribution in [0, 0.1) is 0 Å². The van der Waals surface area contributed by atoms with E-state index >= 15 is 0 Å². The van der Waals surface area contributed by atoms with E-state index in [4.69, 9.17) is 4.42 Å². The molecular formula is C16H19NO3S. The van der Waals surface area contributed by atoms with Gasteiger partial charge in [-0.1, -0.05) is 38.1 Å². The molecule has 1 aromatic carbocycles. The highest BCUT2D eigenvalue weighted by atomic mass is 32.2. The molecule has 21 heavy (non-hydrogen) atoms. The fourth-order valence-electron chi connectivity index (χ4n) is 3.00. The first-order valence-electron chi connectivity index (χ1n) is 7.05. The van der Waals surface area contributed by atoms with Crippen LogP contribution in [0.25, 0.3) is 0 Å². The smallest absolute Gasteiger partial charge is 0.274 e. The van der Waals surface area contributed by atoms with Gasteiger partial charge in [0.15, 0.2) is 0 Å². The first-order valence-corrected chi connectivity index (χ1v) is 8.54. The van der Waals surface area contributed by atoms with Gasteiger partial charge in [-0.2, -0.15) is 0 Å². The third kappa shape index (κ3) is 2.63. The summed E-state index contributed by atoms with van der Waals surface area (Å²) < 4.78 is 32.4. The summed E-state index contributed by atoms with van der Waals surface area (Å²) in [5.74, 6) is 0. The minimum atomic E-state index is -3.61. The van der Waals surface area contributed by atoms with E-state index in [-0.39, 0.29) is 16.5 Å². The lowest BCUT2D eigenvalue weighted by Gasteiger charge is -2.37. The van der Waals surface area contributed by atoms with E-state index in [1.807, 2.05) is 18.2 Å². The van der Waals surface area contributed by atoms with E-state index in [2.05, 4.69) is 24.6 Å². The zero-order valence-electron chi connectivity index (χ0n) is 12.2. The number of sulfonamides is 1. The van der Waals surface area contributed by atoms with Gasteiger partial charge in [-0.05, 0) is 41.5 Å². The molecule has 0 amide bonds. The molecule has 1 aliphatic carbocycles. The Kier molecular flexibility index (Phi) is 3.42. The Morgan fingerprint density at radius 2 is 1.95 bits per heavy atom. The first kappa shape index (κ1) is 14.4. The predicted molar refractivity (Wildman–Crippen MR) is 80.5 cm³/mol. The molecule has 0 spiro atoms. The monoisotopic (exact) mass is 305 g/mol. The van der Waals surface area contributed by atoms with Gasteiger partial charge >= 0.3 is 0 Å². The molecule has 4 nitrogen and oxygen atoms in total. The lowest BCUT2D eigenvalue weighted by Crippen LogP contribution is -2.35. The van der Waals surface area contributed by atoms with Crippen molar-refractivity contribution in [2.24, 2.45) is 0 Å². The van der Waals surface area contributed by atoms with Crippen molar-refractivity contribution in [3.05, 3.63) is 53.8 Å². The summed E-state index contributed by atoms with van der Waals surface area (Å²) in [6.45, 7) is 4.40. The summed E-state index contributed by atoms with van der Waals surface area (Å²) in [5, 5.41) is -0.0372. The third-order valence-corrected chi connectivity index (χ3v) is 5.54. The van der Waals surface area contributed by atoms with Crippen LogP contribution in [0.1, 0.15) is 43.9 Å². The molecular weight excluding hydrogens is 286 g/mol. The number of rotatable bonds is 3. The van der Waals surface area contributed by atoms with E-state index < -0.39 is 10.0 Å². The number of benzene rings is 1. The number of hydrogen-bond donors (Lipinski definition) is 1. The second kappa shape index (κ2) is 5.00. The van der Waals surface area contributed by atoms with Crippen molar-refractivity contribution in [1.82, 2.24) is 4.72 Å². The van der Waals surface area contributed by atoms with Crippen LogP contribution >= 0.6 is 0 Å². The number of furan rings is 1. The fraction of sp³-hybridized carbons (Fsp3) is 0.375. The molecule has 0 bridgehead atoms. The molecule has 0 fully saturated rings. The molecule has 5 heteroatoms. The van der Waals surface area contributed by atoms with Gasteiger partial charge in [-0.3, -0.25) is 0 Å².